The van der Waals surface area contributed by atoms with Crippen molar-refractivity contribution in [3.05, 3.63) is 0 Å². The molecule has 0 aliphatic carbocycles. The molecule has 0 spiro atoms. The largest absolute Gasteiger partial charge is 0.438 e. The average molecular weight is 205 g/mol. The van der Waals surface area contributed by atoms with Gasteiger partial charge in [-0.25, -0.2) is 4.79 Å². The van der Waals surface area contributed by atoms with E-state index in [0.29, 0.717) is 0 Å². The maximum Gasteiger partial charge on any atom is 0.409 e. The lowest BCUT2D eigenvalue weighted by Crippen LogP contribution is -2.59. The minimum atomic E-state index is -1.26. The monoisotopic (exact) mass is 205 g/mol. The molecule has 0 radical (unpaired) electrons. The fourth-order valence-electron chi connectivity index (χ4n) is 1.61. The number of carbonyl (C=O) groups excluding carboxylic acids is 1. The summed E-state index contributed by atoms with van der Waals surface area (Å²) in [5.41, 5.74) is 0. The lowest BCUT2D eigenvalue weighted by Gasteiger charge is -2.36. The smallest absolute Gasteiger partial charge is 0.409 e. The van der Waals surface area contributed by atoms with Crippen LogP contribution in [0.3, 0.4) is 0 Å². The van der Waals surface area contributed by atoms with Gasteiger partial charge in [-0.3, -0.25) is 5.32 Å². The molecule has 2 aliphatic heterocycles. The van der Waals surface area contributed by atoms with Gasteiger partial charge < -0.3 is 24.8 Å². The number of rotatable bonds is 1. The zero-order valence-electron chi connectivity index (χ0n) is 7.16. The lowest BCUT2D eigenvalue weighted by atomic mass is 9.99. The maximum absolute atomic E-state index is 10.8. The van der Waals surface area contributed by atoms with Crippen LogP contribution in [0.15, 0.2) is 0 Å². The average Bonchev–Trinajstić information content (AvgIpc) is 2.52. The Morgan fingerprint density at radius 3 is 2.71 bits per heavy atom. The molecule has 0 unspecified atom stereocenters. The van der Waals surface area contributed by atoms with E-state index in [1.54, 1.807) is 0 Å². The van der Waals surface area contributed by atoms with Gasteiger partial charge in [0, 0.05) is 0 Å². The van der Waals surface area contributed by atoms with Gasteiger partial charge in [-0.15, -0.1) is 0 Å². The van der Waals surface area contributed by atoms with Crippen LogP contribution in [0.2, 0.25) is 0 Å². The number of ether oxygens (including phenoxy) is 2. The molecule has 14 heavy (non-hydrogen) atoms. The van der Waals surface area contributed by atoms with Crippen molar-refractivity contribution in [2.24, 2.45) is 0 Å². The lowest BCUT2D eigenvalue weighted by molar-refractivity contribution is -0.215. The van der Waals surface area contributed by atoms with E-state index >= 15 is 0 Å². The molecule has 2 aliphatic rings. The van der Waals surface area contributed by atoms with E-state index in [2.05, 4.69) is 10.1 Å². The Balaban J connectivity index is 2.13. The first-order valence-electron chi connectivity index (χ1n) is 4.23. The van der Waals surface area contributed by atoms with Gasteiger partial charge in [0.05, 0.1) is 6.61 Å². The van der Waals surface area contributed by atoms with Crippen LogP contribution in [0.1, 0.15) is 0 Å². The van der Waals surface area contributed by atoms with Crippen LogP contribution in [-0.2, 0) is 9.47 Å². The van der Waals surface area contributed by atoms with Crippen molar-refractivity contribution in [1.29, 1.82) is 0 Å². The molecule has 0 aromatic rings. The van der Waals surface area contributed by atoms with Gasteiger partial charge in [-0.05, 0) is 0 Å². The van der Waals surface area contributed by atoms with Crippen LogP contribution in [0.25, 0.3) is 0 Å². The van der Waals surface area contributed by atoms with Crippen LogP contribution in [0.5, 0.6) is 0 Å². The Kier molecular flexibility index (Phi) is 2.31. The molecule has 2 saturated heterocycles. The molecular weight excluding hydrogens is 194 g/mol. The van der Waals surface area contributed by atoms with Crippen molar-refractivity contribution in [2.75, 3.05) is 6.61 Å². The van der Waals surface area contributed by atoms with E-state index in [9.17, 15) is 15.0 Å². The summed E-state index contributed by atoms with van der Waals surface area (Å²) in [5, 5.41) is 30.0. The third kappa shape index (κ3) is 1.34. The van der Waals surface area contributed by atoms with Crippen molar-refractivity contribution in [3.8, 4) is 0 Å². The predicted octanol–water partition coefficient (Wildman–Crippen LogP) is -2.47. The highest BCUT2D eigenvalue weighted by Gasteiger charge is 2.50. The molecule has 0 aromatic heterocycles. The van der Waals surface area contributed by atoms with E-state index < -0.39 is 43.3 Å². The standard InChI is InChI=1S/C7H11NO6/c9-1-2-3(10)4(11)5-6(13-2)8-7(12)14-5/h2-6,9-11H,1H2,(H,8,12)/t2-,3-,4+,5+,6-/m1/s1. The molecule has 5 atom stereocenters. The summed E-state index contributed by atoms with van der Waals surface area (Å²) in [6.45, 7) is -0.433. The zero-order chi connectivity index (χ0) is 10.3. The Morgan fingerprint density at radius 1 is 1.36 bits per heavy atom. The van der Waals surface area contributed by atoms with E-state index in [0.717, 1.165) is 0 Å². The summed E-state index contributed by atoms with van der Waals surface area (Å²) in [6, 6.07) is 0. The molecule has 4 N–H and O–H groups in total. The number of fused-ring (bicyclic) bond motifs is 1. The Morgan fingerprint density at radius 2 is 2.07 bits per heavy atom. The number of aliphatic hydroxyl groups excluding tert-OH is 3. The van der Waals surface area contributed by atoms with Crippen molar-refractivity contribution in [3.63, 3.8) is 0 Å². The van der Waals surface area contributed by atoms with Crippen molar-refractivity contribution in [2.45, 2.75) is 30.6 Å². The third-order valence-electron chi connectivity index (χ3n) is 2.37. The summed E-state index contributed by atoms with van der Waals surface area (Å²) in [5.74, 6) is 0. The van der Waals surface area contributed by atoms with Gasteiger partial charge in [-0.1, -0.05) is 0 Å². The summed E-state index contributed by atoms with van der Waals surface area (Å²) in [6.07, 6.45) is -5.84. The second-order valence-electron chi connectivity index (χ2n) is 3.27. The summed E-state index contributed by atoms with van der Waals surface area (Å²) in [4.78, 5) is 10.8. The number of nitrogens with one attached hydrogen (secondary N) is 1. The molecule has 0 saturated carbocycles. The minimum Gasteiger partial charge on any atom is -0.438 e. The number of alkyl carbamates (subject to hydrolysis) is 1. The zero-order valence-corrected chi connectivity index (χ0v) is 7.16. The molecule has 0 bridgehead atoms. The van der Waals surface area contributed by atoms with Gasteiger partial charge in [-0.2, -0.15) is 0 Å². The van der Waals surface area contributed by atoms with E-state index in [1.165, 1.54) is 0 Å². The molecule has 2 fully saturated rings. The normalized spacial score (nSPS) is 46.8. The minimum absolute atomic E-state index is 0.433. The topological polar surface area (TPSA) is 108 Å². The van der Waals surface area contributed by atoms with Crippen LogP contribution in [-0.4, -0.2) is 58.7 Å². The Bertz CT molecular complexity index is 246. The number of carbonyl (C=O) groups is 1. The summed E-state index contributed by atoms with van der Waals surface area (Å²) < 4.78 is 9.77. The highest BCUT2D eigenvalue weighted by Crippen LogP contribution is 2.25. The van der Waals surface area contributed by atoms with Gasteiger partial charge in [0.2, 0.25) is 0 Å². The quantitative estimate of drug-likeness (QED) is 0.378. The third-order valence-corrected chi connectivity index (χ3v) is 2.37. The second-order valence-corrected chi connectivity index (χ2v) is 3.27. The Hall–Kier alpha value is -0.890. The Labute approximate surface area is 79.2 Å². The van der Waals surface area contributed by atoms with Crippen LogP contribution < -0.4 is 5.32 Å². The van der Waals surface area contributed by atoms with Gasteiger partial charge in [0.15, 0.2) is 12.3 Å². The molecule has 7 nitrogen and oxygen atoms in total. The number of hydrogen-bond donors (Lipinski definition) is 4. The molecular formula is C7H11NO6. The SMILES string of the molecule is O=C1N[C@@H]2O[C@H](CO)[C@@H](O)[C@H](O)[C@@H]2O1. The number of aliphatic hydroxyl groups is 3. The molecule has 2 heterocycles. The van der Waals surface area contributed by atoms with Crippen LogP contribution in [0.4, 0.5) is 4.79 Å². The molecule has 0 aromatic carbocycles. The second kappa shape index (κ2) is 3.35. The molecule has 2 rings (SSSR count). The van der Waals surface area contributed by atoms with Crippen molar-refractivity contribution in [1.82, 2.24) is 5.32 Å². The van der Waals surface area contributed by atoms with Gasteiger partial charge in [0.1, 0.15) is 18.3 Å². The highest BCUT2D eigenvalue weighted by atomic mass is 16.6. The first-order chi connectivity index (χ1) is 6.63. The molecule has 80 valence electrons. The fourth-order valence-corrected chi connectivity index (χ4v) is 1.61. The van der Waals surface area contributed by atoms with E-state index in [1.807, 2.05) is 0 Å². The van der Waals surface area contributed by atoms with Crippen LogP contribution in [0, 0.1) is 0 Å². The number of hydrogen-bond acceptors (Lipinski definition) is 6. The summed E-state index contributed by atoms with van der Waals surface area (Å²) >= 11 is 0. The number of amides is 1. The molecule has 7 heteroatoms. The highest BCUT2D eigenvalue weighted by molar-refractivity contribution is 5.70. The van der Waals surface area contributed by atoms with E-state index in [4.69, 9.17) is 9.84 Å². The summed E-state index contributed by atoms with van der Waals surface area (Å²) in [7, 11) is 0. The predicted molar refractivity (Wildman–Crippen MR) is 41.2 cm³/mol. The maximum atomic E-state index is 10.8. The fraction of sp³-hybridized carbons (Fsp3) is 0.857. The first kappa shape index (κ1) is 9.66. The first-order valence-corrected chi connectivity index (χ1v) is 4.23. The van der Waals surface area contributed by atoms with Crippen molar-refractivity contribution < 1.29 is 29.6 Å². The van der Waals surface area contributed by atoms with Crippen LogP contribution >= 0.6 is 0 Å². The molecule has 1 amide bonds. The van der Waals surface area contributed by atoms with Crippen molar-refractivity contribution >= 4 is 6.09 Å². The van der Waals surface area contributed by atoms with Gasteiger partial charge in [0.25, 0.3) is 0 Å². The van der Waals surface area contributed by atoms with E-state index in [-0.39, 0.29) is 0 Å². The van der Waals surface area contributed by atoms with Gasteiger partial charge >= 0.3 is 6.09 Å².